The average Bonchev–Trinajstić information content (AvgIpc) is 2.62. The number of Topliss-reactive ketones (excluding diaryl/α,β-unsaturated/α-hetero) is 1. The summed E-state index contributed by atoms with van der Waals surface area (Å²) < 4.78 is 5.61. The summed E-state index contributed by atoms with van der Waals surface area (Å²) in [7, 11) is 0. The summed E-state index contributed by atoms with van der Waals surface area (Å²) in [6.45, 7) is 7.85. The topological polar surface area (TPSA) is 55.4 Å². The minimum atomic E-state index is -0.326. The van der Waals surface area contributed by atoms with Gasteiger partial charge in [0.1, 0.15) is 5.75 Å². The first-order valence-corrected chi connectivity index (χ1v) is 8.52. The van der Waals surface area contributed by atoms with Gasteiger partial charge in [-0.05, 0) is 36.8 Å². The van der Waals surface area contributed by atoms with E-state index in [0.29, 0.717) is 23.6 Å². The van der Waals surface area contributed by atoms with Gasteiger partial charge in [-0.3, -0.25) is 9.59 Å². The number of rotatable bonds is 7. The highest BCUT2D eigenvalue weighted by atomic mass is 16.5. The highest BCUT2D eigenvalue weighted by Crippen LogP contribution is 2.29. The predicted octanol–water partition coefficient (Wildman–Crippen LogP) is 4.47. The third-order valence-electron chi connectivity index (χ3n) is 3.96. The van der Waals surface area contributed by atoms with Gasteiger partial charge < -0.3 is 10.1 Å². The fraction of sp³-hybridized carbons (Fsp3) is 0.333. The fourth-order valence-electron chi connectivity index (χ4n) is 2.43. The molecule has 0 aliphatic heterocycles. The third-order valence-corrected chi connectivity index (χ3v) is 3.96. The van der Waals surface area contributed by atoms with Crippen molar-refractivity contribution < 1.29 is 14.3 Å². The maximum Gasteiger partial charge on any atom is 0.226 e. The van der Waals surface area contributed by atoms with Crippen LogP contribution in [0, 0.1) is 12.0 Å². The molecule has 1 N–H and O–H groups in total. The van der Waals surface area contributed by atoms with Crippen LogP contribution in [0.5, 0.6) is 5.75 Å². The van der Waals surface area contributed by atoms with Crippen molar-refractivity contribution in [2.24, 2.45) is 5.92 Å². The Kier molecular flexibility index (Phi) is 6.34. The molecule has 0 spiro atoms. The number of ether oxygens (including phenoxy) is 1. The summed E-state index contributed by atoms with van der Waals surface area (Å²) in [6, 6.07) is 15.6. The number of amides is 1. The molecule has 0 fully saturated rings. The van der Waals surface area contributed by atoms with Crippen LogP contribution in [-0.2, 0) is 4.79 Å². The molecule has 131 valence electrons. The van der Waals surface area contributed by atoms with Crippen LogP contribution < -0.4 is 10.1 Å². The molecule has 1 radical (unpaired) electrons. The molecule has 0 saturated carbocycles. The Balaban J connectivity index is 2.35. The molecule has 2 aromatic rings. The smallest absolute Gasteiger partial charge is 0.226 e. The van der Waals surface area contributed by atoms with Crippen molar-refractivity contribution in [2.75, 3.05) is 11.9 Å². The number of benzene rings is 2. The summed E-state index contributed by atoms with van der Waals surface area (Å²) in [5.74, 6) is -0.0732. The Bertz CT molecular complexity index is 738. The van der Waals surface area contributed by atoms with Crippen molar-refractivity contribution in [3.8, 4) is 5.75 Å². The minimum absolute atomic E-state index is 0.0521. The first kappa shape index (κ1) is 18.7. The molecule has 0 aromatic heterocycles. The third kappa shape index (κ3) is 4.69. The minimum Gasteiger partial charge on any atom is -0.493 e. The maximum atomic E-state index is 13.0. The van der Waals surface area contributed by atoms with Gasteiger partial charge in [0, 0.05) is 17.5 Å². The van der Waals surface area contributed by atoms with Gasteiger partial charge in [0.15, 0.2) is 5.78 Å². The van der Waals surface area contributed by atoms with Gasteiger partial charge >= 0.3 is 0 Å². The Morgan fingerprint density at radius 2 is 1.96 bits per heavy atom. The van der Waals surface area contributed by atoms with Gasteiger partial charge in [-0.25, -0.2) is 0 Å². The largest absolute Gasteiger partial charge is 0.493 e. The number of carbonyl (C=O) groups excluding carboxylic acids is 2. The second-order valence-electron chi connectivity index (χ2n) is 6.21. The summed E-state index contributed by atoms with van der Waals surface area (Å²) >= 11 is 0. The molecule has 0 aliphatic carbocycles. The second-order valence-corrected chi connectivity index (χ2v) is 6.21. The van der Waals surface area contributed by atoms with Crippen LogP contribution >= 0.6 is 0 Å². The molecule has 1 amide bonds. The zero-order chi connectivity index (χ0) is 18.4. The summed E-state index contributed by atoms with van der Waals surface area (Å²) in [6.07, 6.45) is 0. The van der Waals surface area contributed by atoms with Crippen molar-refractivity contribution in [3.63, 3.8) is 0 Å². The standard InChI is InChI=1S/C21H24NO3/c1-5-25-19-12-11-17(22-21(24)14(2)3)13-18(19)20(23)15(4)16-9-7-6-8-10-16/h6-7,9-15H,5H2,1-4H3,(H,22,24). The Morgan fingerprint density at radius 3 is 2.56 bits per heavy atom. The average molecular weight is 338 g/mol. The highest BCUT2D eigenvalue weighted by molar-refractivity contribution is 6.04. The molecule has 4 heteroatoms. The lowest BCUT2D eigenvalue weighted by Gasteiger charge is -2.16. The van der Waals surface area contributed by atoms with Crippen molar-refractivity contribution in [1.82, 2.24) is 0 Å². The van der Waals surface area contributed by atoms with Gasteiger partial charge in [0.25, 0.3) is 0 Å². The van der Waals surface area contributed by atoms with Crippen LogP contribution in [0.4, 0.5) is 5.69 Å². The van der Waals surface area contributed by atoms with Crippen LogP contribution in [0.25, 0.3) is 0 Å². The van der Waals surface area contributed by atoms with E-state index in [1.807, 2.05) is 45.9 Å². The lowest BCUT2D eigenvalue weighted by molar-refractivity contribution is -0.118. The summed E-state index contributed by atoms with van der Waals surface area (Å²) in [5, 5.41) is 2.83. The molecule has 4 nitrogen and oxygen atoms in total. The molecule has 1 unspecified atom stereocenters. The van der Waals surface area contributed by atoms with Crippen molar-refractivity contribution >= 4 is 17.4 Å². The SMILES string of the molecule is CCOc1ccc(NC(=O)C(C)C)cc1C(=O)C(C)c1c[c]ccc1. The van der Waals surface area contributed by atoms with Gasteiger partial charge in [-0.2, -0.15) is 0 Å². The van der Waals surface area contributed by atoms with Gasteiger partial charge in [-0.15, -0.1) is 0 Å². The number of carbonyl (C=O) groups is 2. The molecule has 0 saturated heterocycles. The van der Waals surface area contributed by atoms with Crippen molar-refractivity contribution in [3.05, 3.63) is 59.7 Å². The van der Waals surface area contributed by atoms with Crippen LogP contribution in [0.3, 0.4) is 0 Å². The number of hydrogen-bond donors (Lipinski definition) is 1. The van der Waals surface area contributed by atoms with E-state index in [2.05, 4.69) is 11.4 Å². The van der Waals surface area contributed by atoms with E-state index in [0.717, 1.165) is 5.56 Å². The predicted molar refractivity (Wildman–Crippen MR) is 99.1 cm³/mol. The van der Waals surface area contributed by atoms with Crippen molar-refractivity contribution in [1.29, 1.82) is 0 Å². The van der Waals surface area contributed by atoms with Crippen LogP contribution in [0.15, 0.2) is 42.5 Å². The maximum absolute atomic E-state index is 13.0. The Hall–Kier alpha value is -2.62. The van der Waals surface area contributed by atoms with Gasteiger partial charge in [-0.1, -0.05) is 45.0 Å². The van der Waals surface area contributed by atoms with Gasteiger partial charge in [0.05, 0.1) is 12.2 Å². The number of nitrogens with one attached hydrogen (secondary N) is 1. The zero-order valence-electron chi connectivity index (χ0n) is 15.1. The molecule has 2 rings (SSSR count). The summed E-state index contributed by atoms with van der Waals surface area (Å²) in [5.41, 5.74) is 1.96. The summed E-state index contributed by atoms with van der Waals surface area (Å²) in [4.78, 5) is 24.9. The van der Waals surface area contributed by atoms with E-state index in [4.69, 9.17) is 4.74 Å². The quantitative estimate of drug-likeness (QED) is 0.758. The molecule has 0 bridgehead atoms. The van der Waals surface area contributed by atoms with Gasteiger partial charge in [0.2, 0.25) is 5.91 Å². The van der Waals surface area contributed by atoms with Crippen LogP contribution in [-0.4, -0.2) is 18.3 Å². The van der Waals surface area contributed by atoms with E-state index >= 15 is 0 Å². The van der Waals surface area contributed by atoms with Crippen molar-refractivity contribution in [2.45, 2.75) is 33.6 Å². The lowest BCUT2D eigenvalue weighted by atomic mass is 9.91. The fourth-order valence-corrected chi connectivity index (χ4v) is 2.43. The molecule has 25 heavy (non-hydrogen) atoms. The molecular weight excluding hydrogens is 314 g/mol. The van der Waals surface area contributed by atoms with E-state index < -0.39 is 0 Å². The Morgan fingerprint density at radius 1 is 1.20 bits per heavy atom. The number of anilines is 1. The first-order valence-electron chi connectivity index (χ1n) is 8.52. The second kappa shape index (κ2) is 8.47. The van der Waals surface area contributed by atoms with Crippen LogP contribution in [0.2, 0.25) is 0 Å². The Labute approximate surface area is 149 Å². The molecule has 2 aromatic carbocycles. The zero-order valence-corrected chi connectivity index (χ0v) is 15.1. The first-order chi connectivity index (χ1) is 11.9. The highest BCUT2D eigenvalue weighted by Gasteiger charge is 2.22. The normalized spacial score (nSPS) is 11.9. The number of ketones is 1. The molecule has 1 atom stereocenters. The van der Waals surface area contributed by atoms with Crippen LogP contribution in [0.1, 0.15) is 49.5 Å². The number of hydrogen-bond acceptors (Lipinski definition) is 3. The van der Waals surface area contributed by atoms with E-state index in [1.165, 1.54) is 0 Å². The molecule has 0 aliphatic rings. The van der Waals surface area contributed by atoms with E-state index in [1.54, 1.807) is 24.3 Å². The lowest BCUT2D eigenvalue weighted by Crippen LogP contribution is -2.18. The molecular formula is C21H24NO3. The van der Waals surface area contributed by atoms with E-state index in [9.17, 15) is 9.59 Å². The molecule has 0 heterocycles. The monoisotopic (exact) mass is 338 g/mol. The van der Waals surface area contributed by atoms with E-state index in [-0.39, 0.29) is 23.5 Å².